The van der Waals surface area contributed by atoms with Crippen LogP contribution in [0.4, 0.5) is 5.69 Å². The summed E-state index contributed by atoms with van der Waals surface area (Å²) in [5.41, 5.74) is 4.49. The molecule has 1 nitrogen and oxygen atoms in total. The normalized spacial score (nSPS) is 10.4. The van der Waals surface area contributed by atoms with Crippen LogP contribution in [0.1, 0.15) is 0 Å². The lowest BCUT2D eigenvalue weighted by Crippen LogP contribution is -2.13. The Hall–Kier alpha value is -2.54. The van der Waals surface area contributed by atoms with Gasteiger partial charge in [0.15, 0.2) is 0 Å². The monoisotopic (exact) mass is 261 g/mol. The molecule has 1 heteroatoms. The average Bonchev–Trinajstić information content (AvgIpc) is 2.53. The van der Waals surface area contributed by atoms with Gasteiger partial charge in [-0.1, -0.05) is 67.8 Å². The summed E-state index contributed by atoms with van der Waals surface area (Å²) in [5, 5.41) is 0. The van der Waals surface area contributed by atoms with E-state index in [4.69, 9.17) is 0 Å². The number of benzene rings is 2. The van der Waals surface area contributed by atoms with E-state index in [1.807, 2.05) is 25.3 Å². The first-order valence-corrected chi connectivity index (χ1v) is 6.59. The van der Waals surface area contributed by atoms with Crippen molar-refractivity contribution in [1.82, 2.24) is 0 Å². The molecule has 0 heterocycles. The van der Waals surface area contributed by atoms with E-state index < -0.39 is 0 Å². The minimum atomic E-state index is 0.928. The Balaban J connectivity index is 2.18. The lowest BCUT2D eigenvalue weighted by Gasteiger charge is -2.19. The van der Waals surface area contributed by atoms with Gasteiger partial charge < -0.3 is 4.90 Å². The van der Waals surface area contributed by atoms with E-state index in [1.54, 1.807) is 6.08 Å². The van der Waals surface area contributed by atoms with Crippen LogP contribution in [0.5, 0.6) is 0 Å². The number of hydrogen-bond donors (Lipinski definition) is 0. The predicted octanol–water partition coefficient (Wildman–Crippen LogP) is 5.05. The zero-order valence-corrected chi connectivity index (χ0v) is 11.8. The van der Waals surface area contributed by atoms with Crippen molar-refractivity contribution in [3.8, 4) is 11.1 Å². The maximum Gasteiger partial charge on any atom is 0.0408 e. The van der Waals surface area contributed by atoms with Gasteiger partial charge in [0.25, 0.3) is 0 Å². The molecule has 0 aliphatic carbocycles. The van der Waals surface area contributed by atoms with Gasteiger partial charge in [-0.25, -0.2) is 0 Å². The van der Waals surface area contributed by atoms with Gasteiger partial charge in [-0.2, -0.15) is 0 Å². The van der Waals surface area contributed by atoms with Crippen LogP contribution >= 0.6 is 0 Å². The molecule has 0 fully saturated rings. The van der Waals surface area contributed by atoms with Crippen molar-refractivity contribution in [2.75, 3.05) is 11.9 Å². The van der Waals surface area contributed by atoms with E-state index in [9.17, 15) is 0 Å². The number of anilines is 1. The minimum absolute atomic E-state index is 0.928. The van der Waals surface area contributed by atoms with Gasteiger partial charge in [0.2, 0.25) is 0 Å². The van der Waals surface area contributed by atoms with E-state index in [1.165, 1.54) is 11.1 Å². The van der Waals surface area contributed by atoms with Crippen molar-refractivity contribution in [1.29, 1.82) is 0 Å². The van der Waals surface area contributed by atoms with Crippen LogP contribution in [0.15, 0.2) is 91.7 Å². The molecule has 0 saturated heterocycles. The Kier molecular flexibility index (Phi) is 4.56. The quantitative estimate of drug-likeness (QED) is 0.681. The van der Waals surface area contributed by atoms with Gasteiger partial charge >= 0.3 is 0 Å². The van der Waals surface area contributed by atoms with Gasteiger partial charge in [0.05, 0.1) is 0 Å². The second-order valence-electron chi connectivity index (χ2n) is 4.56. The highest BCUT2D eigenvalue weighted by atomic mass is 15.1. The summed E-state index contributed by atoms with van der Waals surface area (Å²) >= 11 is 0. The van der Waals surface area contributed by atoms with Crippen LogP contribution in [0.25, 0.3) is 11.1 Å². The molecule has 20 heavy (non-hydrogen) atoms. The Morgan fingerprint density at radius 2 is 1.55 bits per heavy atom. The van der Waals surface area contributed by atoms with Gasteiger partial charge in [-0.3, -0.25) is 0 Å². The molecule has 0 atom stereocenters. The number of hydrogen-bond acceptors (Lipinski definition) is 1. The van der Waals surface area contributed by atoms with Gasteiger partial charge in [0.1, 0.15) is 0 Å². The van der Waals surface area contributed by atoms with Crippen molar-refractivity contribution in [3.63, 3.8) is 0 Å². The van der Waals surface area contributed by atoms with Gasteiger partial charge in [0, 0.05) is 18.4 Å². The summed E-state index contributed by atoms with van der Waals surface area (Å²) in [7, 11) is 2.01. The van der Waals surface area contributed by atoms with Crippen molar-refractivity contribution in [2.24, 2.45) is 0 Å². The third kappa shape index (κ3) is 3.27. The highest BCUT2D eigenvalue weighted by Crippen LogP contribution is 2.24. The number of likely N-dealkylation sites (N-methyl/N-ethyl adjacent to an activating group) is 1. The summed E-state index contributed by atoms with van der Waals surface area (Å²) in [5.74, 6) is 0. The topological polar surface area (TPSA) is 3.24 Å². The molecular weight excluding hydrogens is 242 g/mol. The molecule has 0 aliphatic rings. The summed E-state index contributed by atoms with van der Waals surface area (Å²) in [6.07, 6.45) is 5.58. The highest BCUT2D eigenvalue weighted by Gasteiger charge is 2.03. The Bertz CT molecular complexity index is 606. The summed E-state index contributed by atoms with van der Waals surface area (Å²) in [6, 6.07) is 18.8. The van der Waals surface area contributed by atoms with Crippen LogP contribution in [0.2, 0.25) is 0 Å². The van der Waals surface area contributed by atoms with Crippen LogP contribution in [-0.2, 0) is 0 Å². The molecule has 2 aromatic carbocycles. The molecule has 0 N–H and O–H groups in total. The minimum Gasteiger partial charge on any atom is -0.345 e. The van der Waals surface area contributed by atoms with Crippen molar-refractivity contribution < 1.29 is 0 Å². The number of rotatable bonds is 5. The van der Waals surface area contributed by atoms with E-state index >= 15 is 0 Å². The first kappa shape index (κ1) is 13.9. The number of allylic oxidation sites excluding steroid dienone is 3. The summed E-state index contributed by atoms with van der Waals surface area (Å²) in [6.45, 7) is 7.70. The first-order valence-electron chi connectivity index (χ1n) is 6.59. The average molecular weight is 261 g/mol. The van der Waals surface area contributed by atoms with Crippen LogP contribution in [0, 0.1) is 0 Å². The fourth-order valence-electron chi connectivity index (χ4n) is 1.96. The van der Waals surface area contributed by atoms with E-state index in [-0.39, 0.29) is 0 Å². The molecule has 0 amide bonds. The SMILES string of the molecule is C=CC=CC(=C)N(C)c1ccc(-c2ccccc2)cc1. The first-order chi connectivity index (χ1) is 9.72. The molecule has 0 aromatic heterocycles. The molecule has 2 aromatic rings. The van der Waals surface area contributed by atoms with Gasteiger partial charge in [-0.15, -0.1) is 0 Å². The molecular formula is C19H19N. The fourth-order valence-corrected chi connectivity index (χ4v) is 1.96. The Morgan fingerprint density at radius 1 is 0.950 bits per heavy atom. The molecule has 0 bridgehead atoms. The standard InChI is InChI=1S/C19H19N/c1-4-5-9-16(2)20(3)19-14-12-18(13-15-19)17-10-7-6-8-11-17/h4-15H,1-2H2,3H3. The summed E-state index contributed by atoms with van der Waals surface area (Å²) < 4.78 is 0. The third-order valence-corrected chi connectivity index (χ3v) is 3.22. The Labute approximate surface area is 121 Å². The Morgan fingerprint density at radius 3 is 2.15 bits per heavy atom. The fraction of sp³-hybridized carbons (Fsp3) is 0.0526. The second-order valence-corrected chi connectivity index (χ2v) is 4.56. The zero-order valence-electron chi connectivity index (χ0n) is 11.8. The van der Waals surface area contributed by atoms with E-state index in [2.05, 4.69) is 66.6 Å². The maximum atomic E-state index is 4.04. The molecule has 0 spiro atoms. The lowest BCUT2D eigenvalue weighted by atomic mass is 10.1. The molecule has 2 rings (SSSR count). The molecule has 0 saturated carbocycles. The molecule has 0 aliphatic heterocycles. The molecule has 0 unspecified atom stereocenters. The number of nitrogens with zero attached hydrogens (tertiary/aromatic N) is 1. The van der Waals surface area contributed by atoms with Crippen molar-refractivity contribution in [3.05, 3.63) is 91.7 Å². The summed E-state index contributed by atoms with van der Waals surface area (Å²) in [4.78, 5) is 2.05. The highest BCUT2D eigenvalue weighted by molar-refractivity contribution is 5.67. The molecule has 0 radical (unpaired) electrons. The van der Waals surface area contributed by atoms with E-state index in [0.29, 0.717) is 0 Å². The predicted molar refractivity (Wildman–Crippen MR) is 88.8 cm³/mol. The largest absolute Gasteiger partial charge is 0.345 e. The van der Waals surface area contributed by atoms with Crippen LogP contribution < -0.4 is 4.90 Å². The van der Waals surface area contributed by atoms with Crippen LogP contribution in [0.3, 0.4) is 0 Å². The maximum absolute atomic E-state index is 4.04. The van der Waals surface area contributed by atoms with Crippen molar-refractivity contribution in [2.45, 2.75) is 0 Å². The third-order valence-electron chi connectivity index (χ3n) is 3.22. The van der Waals surface area contributed by atoms with E-state index in [0.717, 1.165) is 11.4 Å². The zero-order chi connectivity index (χ0) is 14.4. The van der Waals surface area contributed by atoms with Crippen molar-refractivity contribution >= 4 is 5.69 Å². The smallest absolute Gasteiger partial charge is 0.0408 e. The molecule has 100 valence electrons. The van der Waals surface area contributed by atoms with Gasteiger partial charge in [-0.05, 0) is 29.3 Å². The van der Waals surface area contributed by atoms with Crippen LogP contribution in [-0.4, -0.2) is 7.05 Å². The lowest BCUT2D eigenvalue weighted by molar-refractivity contribution is 1.15. The second kappa shape index (κ2) is 6.58.